The molecule has 1 heterocycles. The lowest BCUT2D eigenvalue weighted by Crippen LogP contribution is -2.19. The number of rotatable bonds is 3. The van der Waals surface area contributed by atoms with Gasteiger partial charge in [0.2, 0.25) is 0 Å². The first kappa shape index (κ1) is 16.0. The van der Waals surface area contributed by atoms with E-state index in [1.54, 1.807) is 7.11 Å². The maximum absolute atomic E-state index is 6.05. The zero-order valence-corrected chi connectivity index (χ0v) is 14.9. The third kappa shape index (κ3) is 3.64. The lowest BCUT2D eigenvalue weighted by molar-refractivity contribution is 0.410. The standard InChI is InChI=1S/C16H20IN3O/c1-16(2,3)14-13(17)15(18)20-12(19-14)9-10-7-5-6-8-11(10)21-4/h5-8H,9H2,1-4H3,(H2,18,19,20). The van der Waals surface area contributed by atoms with Crippen LogP contribution in [0.2, 0.25) is 0 Å². The molecular formula is C16H20IN3O. The highest BCUT2D eigenvalue weighted by molar-refractivity contribution is 14.1. The van der Waals surface area contributed by atoms with Gasteiger partial charge in [0.1, 0.15) is 17.4 Å². The molecule has 0 unspecified atom stereocenters. The van der Waals surface area contributed by atoms with Crippen molar-refractivity contribution in [2.45, 2.75) is 32.6 Å². The molecular weight excluding hydrogens is 377 g/mol. The fourth-order valence-electron chi connectivity index (χ4n) is 2.11. The number of nitrogen functional groups attached to an aromatic ring is 1. The summed E-state index contributed by atoms with van der Waals surface area (Å²) in [5.74, 6) is 2.11. The normalized spacial score (nSPS) is 11.5. The number of nitrogens with zero attached hydrogens (tertiary/aromatic N) is 2. The first-order chi connectivity index (χ1) is 9.82. The van der Waals surface area contributed by atoms with Gasteiger partial charge in [-0.3, -0.25) is 0 Å². The minimum atomic E-state index is -0.0664. The molecule has 0 aliphatic heterocycles. The topological polar surface area (TPSA) is 61.0 Å². The Kier molecular flexibility index (Phi) is 4.70. The number of anilines is 1. The van der Waals surface area contributed by atoms with Crippen LogP contribution in [-0.4, -0.2) is 17.1 Å². The third-order valence-corrected chi connectivity index (χ3v) is 4.24. The second-order valence-corrected chi connectivity index (χ2v) is 7.01. The Morgan fingerprint density at radius 2 is 1.86 bits per heavy atom. The molecule has 0 fully saturated rings. The SMILES string of the molecule is COc1ccccc1Cc1nc(N)c(I)c(C(C)(C)C)n1. The van der Waals surface area contributed by atoms with Gasteiger partial charge in [-0.05, 0) is 28.7 Å². The van der Waals surface area contributed by atoms with E-state index in [-0.39, 0.29) is 5.41 Å². The number of nitrogens with two attached hydrogens (primary N) is 1. The van der Waals surface area contributed by atoms with Crippen LogP contribution in [-0.2, 0) is 11.8 Å². The van der Waals surface area contributed by atoms with Crippen molar-refractivity contribution in [3.63, 3.8) is 0 Å². The van der Waals surface area contributed by atoms with Crippen molar-refractivity contribution in [3.8, 4) is 5.75 Å². The number of halogens is 1. The lowest BCUT2D eigenvalue weighted by atomic mass is 9.92. The molecule has 1 aromatic carbocycles. The molecule has 0 amide bonds. The Labute approximate surface area is 139 Å². The van der Waals surface area contributed by atoms with Gasteiger partial charge in [-0.2, -0.15) is 0 Å². The first-order valence-electron chi connectivity index (χ1n) is 6.77. The fourth-order valence-corrected chi connectivity index (χ4v) is 3.16. The molecule has 0 saturated carbocycles. The molecule has 0 aliphatic carbocycles. The van der Waals surface area contributed by atoms with E-state index < -0.39 is 0 Å². The van der Waals surface area contributed by atoms with Crippen molar-refractivity contribution in [2.75, 3.05) is 12.8 Å². The molecule has 21 heavy (non-hydrogen) atoms. The van der Waals surface area contributed by atoms with Crippen molar-refractivity contribution in [1.29, 1.82) is 0 Å². The predicted molar refractivity (Wildman–Crippen MR) is 93.7 cm³/mol. The van der Waals surface area contributed by atoms with Crippen LogP contribution >= 0.6 is 22.6 Å². The molecule has 0 radical (unpaired) electrons. The van der Waals surface area contributed by atoms with Crippen LogP contribution in [0, 0.1) is 3.57 Å². The van der Waals surface area contributed by atoms with Crippen molar-refractivity contribution in [2.24, 2.45) is 0 Å². The molecule has 0 spiro atoms. The van der Waals surface area contributed by atoms with Crippen LogP contribution in [0.4, 0.5) is 5.82 Å². The Balaban J connectivity index is 2.44. The molecule has 2 N–H and O–H groups in total. The van der Waals surface area contributed by atoms with Gasteiger partial charge >= 0.3 is 0 Å². The number of hydrogen-bond donors (Lipinski definition) is 1. The molecule has 2 rings (SSSR count). The molecule has 112 valence electrons. The Morgan fingerprint density at radius 1 is 1.19 bits per heavy atom. The molecule has 0 aliphatic rings. The minimum Gasteiger partial charge on any atom is -0.496 e. The van der Waals surface area contributed by atoms with Gasteiger partial charge in [0.05, 0.1) is 16.4 Å². The summed E-state index contributed by atoms with van der Waals surface area (Å²) in [6.07, 6.45) is 0.605. The average molecular weight is 397 g/mol. The van der Waals surface area contributed by atoms with Crippen LogP contribution in [0.15, 0.2) is 24.3 Å². The Morgan fingerprint density at radius 3 is 2.48 bits per heavy atom. The summed E-state index contributed by atoms with van der Waals surface area (Å²) in [7, 11) is 1.67. The van der Waals surface area contributed by atoms with Gasteiger partial charge in [-0.25, -0.2) is 9.97 Å². The van der Waals surface area contributed by atoms with Crippen LogP contribution < -0.4 is 10.5 Å². The maximum Gasteiger partial charge on any atom is 0.140 e. The zero-order valence-electron chi connectivity index (χ0n) is 12.8. The second-order valence-electron chi connectivity index (χ2n) is 5.93. The van der Waals surface area contributed by atoms with Gasteiger partial charge in [0.15, 0.2) is 0 Å². The summed E-state index contributed by atoms with van der Waals surface area (Å²) in [6.45, 7) is 6.39. The summed E-state index contributed by atoms with van der Waals surface area (Å²) in [6, 6.07) is 7.90. The van der Waals surface area contributed by atoms with Crippen LogP contribution in [0.5, 0.6) is 5.75 Å². The van der Waals surface area contributed by atoms with Gasteiger partial charge in [-0.15, -0.1) is 0 Å². The molecule has 0 bridgehead atoms. The zero-order chi connectivity index (χ0) is 15.6. The van der Waals surface area contributed by atoms with Crippen molar-refractivity contribution in [1.82, 2.24) is 9.97 Å². The second kappa shape index (κ2) is 6.17. The highest BCUT2D eigenvalue weighted by Crippen LogP contribution is 2.29. The largest absolute Gasteiger partial charge is 0.496 e. The van der Waals surface area contributed by atoms with Gasteiger partial charge in [0.25, 0.3) is 0 Å². The first-order valence-corrected chi connectivity index (χ1v) is 7.85. The number of aromatic nitrogens is 2. The third-order valence-electron chi connectivity index (χ3n) is 3.17. The van der Waals surface area contributed by atoms with Gasteiger partial charge < -0.3 is 10.5 Å². The predicted octanol–water partition coefficient (Wildman–Crippen LogP) is 3.56. The van der Waals surface area contributed by atoms with E-state index in [9.17, 15) is 0 Å². The smallest absolute Gasteiger partial charge is 0.140 e. The van der Waals surface area contributed by atoms with Crippen molar-refractivity contribution < 1.29 is 4.74 Å². The quantitative estimate of drug-likeness (QED) is 0.805. The van der Waals surface area contributed by atoms with E-state index in [4.69, 9.17) is 15.5 Å². The molecule has 0 atom stereocenters. The summed E-state index contributed by atoms with van der Waals surface area (Å²) in [4.78, 5) is 9.14. The number of hydrogen-bond acceptors (Lipinski definition) is 4. The van der Waals surface area contributed by atoms with E-state index >= 15 is 0 Å². The Bertz CT molecular complexity index is 650. The van der Waals surface area contributed by atoms with Crippen molar-refractivity contribution in [3.05, 3.63) is 44.9 Å². The van der Waals surface area contributed by atoms with Crippen LogP contribution in [0.1, 0.15) is 37.9 Å². The minimum absolute atomic E-state index is 0.0664. The molecule has 1 aromatic heterocycles. The Hall–Kier alpha value is -1.37. The summed E-state index contributed by atoms with van der Waals surface area (Å²) < 4.78 is 6.31. The van der Waals surface area contributed by atoms with Gasteiger partial charge in [0, 0.05) is 17.4 Å². The molecule has 2 aromatic rings. The summed E-state index contributed by atoms with van der Waals surface area (Å²) in [5.41, 5.74) is 8.03. The number of ether oxygens (including phenoxy) is 1. The highest BCUT2D eigenvalue weighted by atomic mass is 127. The monoisotopic (exact) mass is 397 g/mol. The van der Waals surface area contributed by atoms with Crippen LogP contribution in [0.25, 0.3) is 0 Å². The lowest BCUT2D eigenvalue weighted by Gasteiger charge is -2.21. The van der Waals surface area contributed by atoms with E-state index in [1.807, 2.05) is 24.3 Å². The summed E-state index contributed by atoms with van der Waals surface area (Å²) >= 11 is 2.22. The summed E-state index contributed by atoms with van der Waals surface area (Å²) in [5, 5.41) is 0. The van der Waals surface area contributed by atoms with E-state index in [2.05, 4.69) is 48.3 Å². The van der Waals surface area contributed by atoms with Crippen LogP contribution in [0.3, 0.4) is 0 Å². The van der Waals surface area contributed by atoms with E-state index in [1.165, 1.54) is 0 Å². The molecule has 0 saturated heterocycles. The maximum atomic E-state index is 6.05. The molecule has 5 heteroatoms. The van der Waals surface area contributed by atoms with E-state index in [0.717, 1.165) is 26.4 Å². The van der Waals surface area contributed by atoms with E-state index in [0.29, 0.717) is 12.2 Å². The number of benzene rings is 1. The number of methoxy groups -OCH3 is 1. The fraction of sp³-hybridized carbons (Fsp3) is 0.375. The highest BCUT2D eigenvalue weighted by Gasteiger charge is 2.22. The van der Waals surface area contributed by atoms with Crippen molar-refractivity contribution >= 4 is 28.4 Å². The molecule has 4 nitrogen and oxygen atoms in total. The average Bonchev–Trinajstić information content (AvgIpc) is 2.42. The number of para-hydroxylation sites is 1. The van der Waals surface area contributed by atoms with Gasteiger partial charge in [-0.1, -0.05) is 39.0 Å².